The van der Waals surface area contributed by atoms with E-state index in [1.165, 1.54) is 7.11 Å². The molecule has 2 aromatic carbocycles. The normalized spacial score (nSPS) is 15.9. The van der Waals surface area contributed by atoms with Gasteiger partial charge in [-0.3, -0.25) is 0 Å². The summed E-state index contributed by atoms with van der Waals surface area (Å²) >= 11 is 3.52. The van der Waals surface area contributed by atoms with Crippen LogP contribution in [0.3, 0.4) is 0 Å². The summed E-state index contributed by atoms with van der Waals surface area (Å²) in [5.74, 6) is 0.534. The summed E-state index contributed by atoms with van der Waals surface area (Å²) < 4.78 is 17.1. The quantitative estimate of drug-likeness (QED) is 0.587. The average Bonchev–Trinajstić information content (AvgIpc) is 2.75. The number of hydrogen-bond acceptors (Lipinski definition) is 5. The molecule has 30 heavy (non-hydrogen) atoms. The molecule has 0 spiro atoms. The first-order valence-electron chi connectivity index (χ1n) is 9.54. The van der Waals surface area contributed by atoms with Gasteiger partial charge in [0.25, 0.3) is 0 Å². The lowest BCUT2D eigenvalue weighted by molar-refractivity contribution is -0.136. The Labute approximate surface area is 183 Å². The van der Waals surface area contributed by atoms with Crippen molar-refractivity contribution in [3.05, 3.63) is 63.6 Å². The van der Waals surface area contributed by atoms with Crippen molar-refractivity contribution in [2.75, 3.05) is 20.3 Å². The van der Waals surface area contributed by atoms with Gasteiger partial charge in [0.15, 0.2) is 11.5 Å². The standard InChI is InChI=1S/C22H23BrN2O5/c1-4-29-16-12-14(11-15(23)20(16)30-5-2)19-17(21(26)28-3)18(24-22(27)25-19)13-9-7-6-8-10-13/h6-12,19H,4-5H2,1-3H3,(H2,24,25,27). The fourth-order valence-corrected chi connectivity index (χ4v) is 3.85. The minimum atomic E-state index is -0.743. The smallest absolute Gasteiger partial charge is 0.338 e. The lowest BCUT2D eigenvalue weighted by Gasteiger charge is -2.30. The molecule has 0 radical (unpaired) electrons. The highest BCUT2D eigenvalue weighted by molar-refractivity contribution is 9.10. The van der Waals surface area contributed by atoms with Crippen LogP contribution in [0.15, 0.2) is 52.5 Å². The molecule has 1 aliphatic rings. The van der Waals surface area contributed by atoms with Gasteiger partial charge in [-0.2, -0.15) is 0 Å². The maximum atomic E-state index is 12.8. The van der Waals surface area contributed by atoms with Crippen molar-refractivity contribution in [2.45, 2.75) is 19.9 Å². The second kappa shape index (κ2) is 9.67. The van der Waals surface area contributed by atoms with Crippen molar-refractivity contribution in [1.82, 2.24) is 10.6 Å². The molecule has 1 aliphatic heterocycles. The predicted octanol–water partition coefficient (Wildman–Crippen LogP) is 4.18. The summed E-state index contributed by atoms with van der Waals surface area (Å²) in [4.78, 5) is 25.2. The van der Waals surface area contributed by atoms with Crippen LogP contribution in [-0.2, 0) is 9.53 Å². The Morgan fingerprint density at radius 1 is 1.10 bits per heavy atom. The van der Waals surface area contributed by atoms with E-state index in [4.69, 9.17) is 14.2 Å². The van der Waals surface area contributed by atoms with E-state index in [2.05, 4.69) is 26.6 Å². The Kier molecular flexibility index (Phi) is 6.99. The van der Waals surface area contributed by atoms with Crippen LogP contribution >= 0.6 is 15.9 Å². The summed E-state index contributed by atoms with van der Waals surface area (Å²) in [5, 5.41) is 5.56. The van der Waals surface area contributed by atoms with Crippen LogP contribution in [-0.4, -0.2) is 32.3 Å². The van der Waals surface area contributed by atoms with Crippen molar-refractivity contribution < 1.29 is 23.8 Å². The number of esters is 1. The fourth-order valence-electron chi connectivity index (χ4n) is 3.28. The molecule has 2 N–H and O–H groups in total. The molecule has 158 valence electrons. The second-order valence-electron chi connectivity index (χ2n) is 6.37. The van der Waals surface area contributed by atoms with Crippen LogP contribution in [0.5, 0.6) is 11.5 Å². The van der Waals surface area contributed by atoms with Gasteiger partial charge in [0.2, 0.25) is 0 Å². The van der Waals surface area contributed by atoms with Crippen LogP contribution in [0.25, 0.3) is 5.70 Å². The summed E-state index contributed by atoms with van der Waals surface area (Å²) in [6, 6.07) is 11.6. The lowest BCUT2D eigenvalue weighted by atomic mass is 9.92. The Hall–Kier alpha value is -3.00. The van der Waals surface area contributed by atoms with E-state index in [9.17, 15) is 9.59 Å². The molecule has 0 aliphatic carbocycles. The largest absolute Gasteiger partial charge is 0.490 e. The van der Waals surface area contributed by atoms with Gasteiger partial charge in [-0.05, 0) is 53.0 Å². The Morgan fingerprint density at radius 3 is 2.43 bits per heavy atom. The first-order valence-corrected chi connectivity index (χ1v) is 10.3. The molecule has 0 fully saturated rings. The first-order chi connectivity index (χ1) is 14.5. The van der Waals surface area contributed by atoms with E-state index >= 15 is 0 Å². The second-order valence-corrected chi connectivity index (χ2v) is 7.23. The van der Waals surface area contributed by atoms with E-state index < -0.39 is 18.0 Å². The lowest BCUT2D eigenvalue weighted by Crippen LogP contribution is -2.45. The van der Waals surface area contributed by atoms with Crippen molar-refractivity contribution in [1.29, 1.82) is 0 Å². The van der Waals surface area contributed by atoms with Gasteiger partial charge in [0, 0.05) is 0 Å². The zero-order valence-corrected chi connectivity index (χ0v) is 18.5. The number of benzene rings is 2. The molecule has 8 heteroatoms. The van der Waals surface area contributed by atoms with Gasteiger partial charge in [0.05, 0.1) is 42.1 Å². The van der Waals surface area contributed by atoms with Crippen LogP contribution < -0.4 is 20.1 Å². The molecule has 7 nitrogen and oxygen atoms in total. The molecular weight excluding hydrogens is 452 g/mol. The van der Waals surface area contributed by atoms with Crippen molar-refractivity contribution in [2.24, 2.45) is 0 Å². The highest BCUT2D eigenvalue weighted by Crippen LogP contribution is 2.41. The average molecular weight is 475 g/mol. The number of nitrogens with one attached hydrogen (secondary N) is 2. The van der Waals surface area contributed by atoms with Crippen molar-refractivity contribution >= 4 is 33.6 Å². The number of carbonyl (C=O) groups is 2. The zero-order chi connectivity index (χ0) is 21.7. The monoisotopic (exact) mass is 474 g/mol. The SMILES string of the molecule is CCOc1cc(C2NC(=O)NC(c3ccccc3)=C2C(=O)OC)cc(Br)c1OCC. The van der Waals surface area contributed by atoms with E-state index in [0.717, 1.165) is 0 Å². The number of methoxy groups -OCH3 is 1. The molecule has 3 rings (SSSR count). The number of hydrogen-bond donors (Lipinski definition) is 2. The third-order valence-corrected chi connectivity index (χ3v) is 5.08. The van der Waals surface area contributed by atoms with Gasteiger partial charge in [-0.25, -0.2) is 9.59 Å². The van der Waals surface area contributed by atoms with Crippen LogP contribution in [0, 0.1) is 0 Å². The summed E-state index contributed by atoms with van der Waals surface area (Å²) in [5.41, 5.74) is 2.05. The molecule has 1 atom stereocenters. The Morgan fingerprint density at radius 2 is 1.80 bits per heavy atom. The van der Waals surface area contributed by atoms with E-state index in [1.54, 1.807) is 12.1 Å². The van der Waals surface area contributed by atoms with Crippen LogP contribution in [0.4, 0.5) is 4.79 Å². The number of ether oxygens (including phenoxy) is 3. The van der Waals surface area contributed by atoms with Gasteiger partial charge in [-0.15, -0.1) is 0 Å². The van der Waals surface area contributed by atoms with Crippen LogP contribution in [0.1, 0.15) is 31.0 Å². The summed E-state index contributed by atoms with van der Waals surface area (Å²) in [7, 11) is 1.31. The molecule has 1 heterocycles. The molecule has 0 saturated carbocycles. The highest BCUT2D eigenvalue weighted by Gasteiger charge is 2.35. The van der Waals surface area contributed by atoms with Gasteiger partial charge in [-0.1, -0.05) is 30.3 Å². The first kappa shape index (κ1) is 21.7. The third kappa shape index (κ3) is 4.43. The summed E-state index contributed by atoms with van der Waals surface area (Å²) in [6.45, 7) is 4.65. The Balaban J connectivity index is 2.20. The molecule has 2 aromatic rings. The Bertz CT molecular complexity index is 975. The third-order valence-electron chi connectivity index (χ3n) is 4.49. The molecule has 2 amide bonds. The topological polar surface area (TPSA) is 85.9 Å². The molecule has 0 bridgehead atoms. The fraction of sp³-hybridized carbons (Fsp3) is 0.273. The van der Waals surface area contributed by atoms with Crippen molar-refractivity contribution in [3.63, 3.8) is 0 Å². The van der Waals surface area contributed by atoms with E-state index in [1.807, 2.05) is 44.2 Å². The van der Waals surface area contributed by atoms with Gasteiger partial charge in [0.1, 0.15) is 0 Å². The number of urea groups is 1. The number of carbonyl (C=O) groups excluding carboxylic acids is 2. The minimum Gasteiger partial charge on any atom is -0.490 e. The predicted molar refractivity (Wildman–Crippen MR) is 116 cm³/mol. The van der Waals surface area contributed by atoms with Crippen LogP contribution in [0.2, 0.25) is 0 Å². The molecular formula is C22H23BrN2O5. The number of rotatable bonds is 7. The minimum absolute atomic E-state index is 0.293. The maximum absolute atomic E-state index is 12.8. The summed E-state index contributed by atoms with van der Waals surface area (Å²) in [6.07, 6.45) is 0. The number of halogens is 1. The van der Waals surface area contributed by atoms with E-state index in [-0.39, 0.29) is 0 Å². The molecule has 0 aromatic heterocycles. The van der Waals surface area contributed by atoms with Gasteiger partial charge >= 0.3 is 12.0 Å². The maximum Gasteiger partial charge on any atom is 0.338 e. The van der Waals surface area contributed by atoms with Crippen molar-refractivity contribution in [3.8, 4) is 11.5 Å². The zero-order valence-electron chi connectivity index (χ0n) is 17.0. The molecule has 0 saturated heterocycles. The molecule has 1 unspecified atom stereocenters. The van der Waals surface area contributed by atoms with E-state index in [0.29, 0.717) is 51.6 Å². The highest BCUT2D eigenvalue weighted by atomic mass is 79.9. The van der Waals surface area contributed by atoms with Gasteiger partial charge < -0.3 is 24.8 Å². The number of amides is 2.